The number of aliphatic hydroxyl groups excluding tert-OH is 2. The van der Waals surface area contributed by atoms with Crippen LogP contribution in [0.2, 0.25) is 0 Å². The van der Waals surface area contributed by atoms with E-state index in [1.54, 1.807) is 20.8 Å². The maximum Gasteiger partial charge on any atom is 0.394 e. The number of amides is 1. The van der Waals surface area contributed by atoms with Crippen LogP contribution in [-0.2, 0) is 15.2 Å². The lowest BCUT2D eigenvalue weighted by Crippen LogP contribution is -2.59. The third kappa shape index (κ3) is 12.7. The van der Waals surface area contributed by atoms with Crippen LogP contribution in [-0.4, -0.2) is 58.1 Å². The smallest absolute Gasteiger partial charge is 0.394 e. The molecule has 0 saturated carbocycles. The van der Waals surface area contributed by atoms with Crippen LogP contribution in [0.3, 0.4) is 0 Å². The Morgan fingerprint density at radius 1 is 1.32 bits per heavy atom. The maximum atomic E-state index is 11.5. The van der Waals surface area contributed by atoms with Gasteiger partial charge in [-0.3, -0.25) is 19.2 Å². The molecule has 0 bridgehead atoms. The Balaban J connectivity index is 0. The van der Waals surface area contributed by atoms with Crippen molar-refractivity contribution in [2.75, 3.05) is 6.61 Å². The zero-order valence-corrected chi connectivity index (χ0v) is 14.0. The molecule has 0 saturated heterocycles. The summed E-state index contributed by atoms with van der Waals surface area (Å²) in [7, 11) is -4.67. The Morgan fingerprint density at radius 2 is 1.73 bits per heavy atom. The number of hydrogen-bond donors (Lipinski definition) is 6. The van der Waals surface area contributed by atoms with Crippen molar-refractivity contribution in [2.45, 2.75) is 51.9 Å². The van der Waals surface area contributed by atoms with Gasteiger partial charge in [-0.1, -0.05) is 13.5 Å². The molecule has 10 heteroatoms. The van der Waals surface area contributed by atoms with Crippen LogP contribution in [0.25, 0.3) is 0 Å². The molecule has 0 rings (SSSR count). The van der Waals surface area contributed by atoms with E-state index in [9.17, 15) is 9.90 Å². The number of aliphatic hydroxyl groups is 2. The summed E-state index contributed by atoms with van der Waals surface area (Å²) in [5.74, 6) is -0.223. The number of carbonyl (C=O) groups excluding carboxylic acids is 1. The Labute approximate surface area is 131 Å². The lowest BCUT2D eigenvalue weighted by molar-refractivity contribution is -0.118. The molecular formula is C12H26N2O7S. The highest BCUT2D eigenvalue weighted by Gasteiger charge is 2.29. The first-order valence-electron chi connectivity index (χ1n) is 6.47. The molecule has 0 spiro atoms. The van der Waals surface area contributed by atoms with Gasteiger partial charge >= 0.3 is 10.4 Å². The predicted octanol–water partition coefficient (Wildman–Crippen LogP) is -0.517. The number of hydrogen-bond acceptors (Lipinski definition) is 6. The molecular weight excluding hydrogens is 316 g/mol. The zero-order chi connectivity index (χ0) is 18.1. The van der Waals surface area contributed by atoms with E-state index < -0.39 is 22.0 Å². The van der Waals surface area contributed by atoms with Gasteiger partial charge in [0.15, 0.2) is 0 Å². The summed E-state index contributed by atoms with van der Waals surface area (Å²) < 4.78 is 31.6. The van der Waals surface area contributed by atoms with Gasteiger partial charge in [-0.2, -0.15) is 8.42 Å². The average Bonchev–Trinajstić information content (AvgIpc) is 2.34. The first-order chi connectivity index (χ1) is 9.74. The van der Waals surface area contributed by atoms with Crippen LogP contribution in [0.15, 0.2) is 12.2 Å². The minimum atomic E-state index is -4.67. The van der Waals surface area contributed by atoms with E-state index in [4.69, 9.17) is 22.6 Å². The second-order valence-corrected chi connectivity index (χ2v) is 6.12. The fraction of sp³-hybridized carbons (Fsp3) is 0.750. The average molecular weight is 342 g/mol. The summed E-state index contributed by atoms with van der Waals surface area (Å²) >= 11 is 0. The first-order valence-corrected chi connectivity index (χ1v) is 7.87. The standard InChI is InChI=1S/C12H24N2O3.H2O4S/c1-6-10(13-11(17)8(2)3)14-12(4,5)9(16)7-15;1-5(2,3)4/h9-10,14-16H,2,6-7H2,1,3-5H3,(H,13,17);(H2,1,2,3,4). The number of rotatable bonds is 7. The van der Waals surface area contributed by atoms with Gasteiger partial charge in [-0.15, -0.1) is 0 Å². The molecule has 0 heterocycles. The number of nitrogens with one attached hydrogen (secondary N) is 2. The van der Waals surface area contributed by atoms with Gasteiger partial charge in [0, 0.05) is 11.1 Å². The Kier molecular flexibility index (Phi) is 10.4. The van der Waals surface area contributed by atoms with Crippen molar-refractivity contribution in [1.29, 1.82) is 0 Å². The maximum absolute atomic E-state index is 11.5. The lowest BCUT2D eigenvalue weighted by Gasteiger charge is -2.35. The van der Waals surface area contributed by atoms with Crippen molar-refractivity contribution >= 4 is 16.3 Å². The zero-order valence-electron chi connectivity index (χ0n) is 13.2. The lowest BCUT2D eigenvalue weighted by atomic mass is 9.97. The third-order valence-electron chi connectivity index (χ3n) is 2.65. The van der Waals surface area contributed by atoms with Crippen molar-refractivity contribution in [3.05, 3.63) is 12.2 Å². The fourth-order valence-electron chi connectivity index (χ4n) is 1.30. The highest BCUT2D eigenvalue weighted by molar-refractivity contribution is 7.79. The topological polar surface area (TPSA) is 156 Å². The molecule has 0 aromatic heterocycles. The summed E-state index contributed by atoms with van der Waals surface area (Å²) in [6.45, 7) is 10.3. The highest BCUT2D eigenvalue weighted by atomic mass is 32.3. The molecule has 2 unspecified atom stereocenters. The largest absolute Gasteiger partial charge is 0.394 e. The quantitative estimate of drug-likeness (QED) is 0.205. The molecule has 0 fully saturated rings. The fourth-order valence-corrected chi connectivity index (χ4v) is 1.30. The molecule has 1 amide bonds. The van der Waals surface area contributed by atoms with Gasteiger partial charge in [0.2, 0.25) is 5.91 Å². The van der Waals surface area contributed by atoms with Crippen LogP contribution >= 0.6 is 0 Å². The molecule has 9 nitrogen and oxygen atoms in total. The summed E-state index contributed by atoms with van der Waals surface area (Å²) in [5.41, 5.74) is -0.247. The SMILES string of the molecule is C=C(C)C(=O)NC(CC)NC(C)(C)C(O)CO.O=S(=O)(O)O. The second kappa shape index (κ2) is 9.87. The van der Waals surface area contributed by atoms with E-state index in [2.05, 4.69) is 17.2 Å². The van der Waals surface area contributed by atoms with E-state index in [0.717, 1.165) is 0 Å². The monoisotopic (exact) mass is 342 g/mol. The Hall–Kier alpha value is -1.04. The Bertz CT molecular complexity index is 454. The van der Waals surface area contributed by atoms with Crippen LogP contribution in [0.4, 0.5) is 0 Å². The third-order valence-corrected chi connectivity index (χ3v) is 2.65. The molecule has 2 atom stereocenters. The van der Waals surface area contributed by atoms with Crippen LogP contribution in [0.1, 0.15) is 34.1 Å². The second-order valence-electron chi connectivity index (χ2n) is 5.23. The molecule has 0 radical (unpaired) electrons. The molecule has 0 aromatic rings. The van der Waals surface area contributed by atoms with Crippen molar-refractivity contribution in [1.82, 2.24) is 10.6 Å². The molecule has 0 aliphatic rings. The molecule has 6 N–H and O–H groups in total. The molecule has 0 aromatic carbocycles. The first kappa shape index (κ1) is 23.2. The highest BCUT2D eigenvalue weighted by Crippen LogP contribution is 2.10. The van der Waals surface area contributed by atoms with E-state index in [-0.39, 0.29) is 18.7 Å². The number of carbonyl (C=O) groups is 1. The molecule has 22 heavy (non-hydrogen) atoms. The minimum Gasteiger partial charge on any atom is -0.394 e. The summed E-state index contributed by atoms with van der Waals surface area (Å²) in [5, 5.41) is 24.4. The van der Waals surface area contributed by atoms with Gasteiger partial charge in [0.1, 0.15) is 0 Å². The van der Waals surface area contributed by atoms with Crippen LogP contribution < -0.4 is 10.6 Å². The van der Waals surface area contributed by atoms with Gasteiger partial charge in [0.25, 0.3) is 0 Å². The summed E-state index contributed by atoms with van der Waals surface area (Å²) in [4.78, 5) is 11.5. The normalized spacial score (nSPS) is 14.4. The van der Waals surface area contributed by atoms with Crippen molar-refractivity contribution in [3.63, 3.8) is 0 Å². The van der Waals surface area contributed by atoms with E-state index in [1.165, 1.54) is 0 Å². The van der Waals surface area contributed by atoms with E-state index >= 15 is 0 Å². The summed E-state index contributed by atoms with van der Waals surface area (Å²) in [6.07, 6.45) is -0.491. The van der Waals surface area contributed by atoms with Crippen molar-refractivity contribution in [2.24, 2.45) is 0 Å². The van der Waals surface area contributed by atoms with Gasteiger partial charge in [-0.25, -0.2) is 0 Å². The van der Waals surface area contributed by atoms with Crippen molar-refractivity contribution in [3.8, 4) is 0 Å². The van der Waals surface area contributed by atoms with E-state index in [1.807, 2.05) is 6.92 Å². The Morgan fingerprint density at radius 3 is 2.00 bits per heavy atom. The summed E-state index contributed by atoms with van der Waals surface area (Å²) in [6, 6.07) is 0. The van der Waals surface area contributed by atoms with Crippen LogP contribution in [0, 0.1) is 0 Å². The van der Waals surface area contributed by atoms with Gasteiger partial charge < -0.3 is 15.5 Å². The van der Waals surface area contributed by atoms with Crippen LogP contribution in [0.5, 0.6) is 0 Å². The molecule has 132 valence electrons. The van der Waals surface area contributed by atoms with Gasteiger partial charge in [0.05, 0.1) is 18.9 Å². The molecule has 0 aliphatic carbocycles. The molecule has 0 aliphatic heterocycles. The predicted molar refractivity (Wildman–Crippen MR) is 81.5 cm³/mol. The van der Waals surface area contributed by atoms with Crippen molar-refractivity contribution < 1.29 is 32.5 Å². The van der Waals surface area contributed by atoms with Gasteiger partial charge in [-0.05, 0) is 27.2 Å². The minimum absolute atomic E-state index is 0.223. The van der Waals surface area contributed by atoms with E-state index in [0.29, 0.717) is 12.0 Å².